The molecule has 0 saturated heterocycles. The maximum Gasteiger partial charge on any atom is 0.262 e. The van der Waals surface area contributed by atoms with Crippen LogP contribution in [-0.4, -0.2) is 19.6 Å². The molecule has 6 heteroatoms. The number of benzene rings is 2. The fourth-order valence-corrected chi connectivity index (χ4v) is 2.89. The third kappa shape index (κ3) is 5.39. The Morgan fingerprint density at radius 2 is 2.04 bits per heavy atom. The molecule has 1 N–H and O–H groups in total. The summed E-state index contributed by atoms with van der Waals surface area (Å²) >= 11 is 3.42. The summed E-state index contributed by atoms with van der Waals surface area (Å²) in [7, 11) is 1.50. The molecule has 0 aliphatic rings. The van der Waals surface area contributed by atoms with Crippen LogP contribution >= 0.6 is 15.9 Å². The minimum atomic E-state index is -0.461. The minimum Gasteiger partial charge on any atom is -0.493 e. The molecular formula is C22H19BrN2O3. The summed E-state index contributed by atoms with van der Waals surface area (Å²) in [6.45, 7) is 1.96. The fourth-order valence-electron chi connectivity index (χ4n) is 2.46. The highest BCUT2D eigenvalue weighted by molar-refractivity contribution is 9.10. The van der Waals surface area contributed by atoms with Gasteiger partial charge in [0.2, 0.25) is 0 Å². The first-order valence-electron chi connectivity index (χ1n) is 8.41. The van der Waals surface area contributed by atoms with Crippen LogP contribution in [0, 0.1) is 23.7 Å². The second-order valence-corrected chi connectivity index (χ2v) is 6.65. The molecule has 2 aromatic rings. The number of hydrogen-bond acceptors (Lipinski definition) is 4. The van der Waals surface area contributed by atoms with Gasteiger partial charge < -0.3 is 14.8 Å². The van der Waals surface area contributed by atoms with Crippen molar-refractivity contribution in [2.75, 3.05) is 13.7 Å². The zero-order valence-electron chi connectivity index (χ0n) is 15.5. The number of carbonyl (C=O) groups is 1. The van der Waals surface area contributed by atoms with E-state index in [1.165, 1.54) is 13.2 Å². The Hall–Kier alpha value is -3.22. The standard InChI is InChI=1S/C22H19BrN2O3/c1-4-10-28-21-13-19(23)17(12-20(21)27-3)11-18(14-24)22(26)25-15(2)16-8-6-5-7-9-16/h1,5-9,11-13,15H,10H2,2-3H3,(H,25,26)/b18-11-/t15-/m0/s1. The van der Waals surface area contributed by atoms with Gasteiger partial charge in [0.05, 0.1) is 13.2 Å². The van der Waals surface area contributed by atoms with E-state index in [0.717, 1.165) is 5.56 Å². The maximum absolute atomic E-state index is 12.5. The monoisotopic (exact) mass is 438 g/mol. The summed E-state index contributed by atoms with van der Waals surface area (Å²) in [6, 6.07) is 14.6. The molecule has 0 unspecified atom stereocenters. The number of hydrogen-bond donors (Lipinski definition) is 1. The largest absolute Gasteiger partial charge is 0.493 e. The summed E-state index contributed by atoms with van der Waals surface area (Å²) in [4.78, 5) is 12.5. The molecule has 0 aliphatic carbocycles. The maximum atomic E-state index is 12.5. The molecule has 142 valence electrons. The van der Waals surface area contributed by atoms with E-state index >= 15 is 0 Å². The predicted molar refractivity (Wildman–Crippen MR) is 112 cm³/mol. The molecule has 28 heavy (non-hydrogen) atoms. The fraction of sp³-hybridized carbons (Fsp3) is 0.182. The number of methoxy groups -OCH3 is 1. The lowest BCUT2D eigenvalue weighted by Crippen LogP contribution is -2.27. The predicted octanol–water partition coefficient (Wildman–Crippen LogP) is 4.25. The zero-order valence-corrected chi connectivity index (χ0v) is 17.1. The number of nitriles is 1. The molecule has 0 saturated carbocycles. The Kier molecular flexibility index (Phi) is 7.68. The summed E-state index contributed by atoms with van der Waals surface area (Å²) in [6.07, 6.45) is 6.71. The molecule has 0 fully saturated rings. The first-order chi connectivity index (χ1) is 13.5. The molecule has 0 aromatic heterocycles. The molecule has 1 amide bonds. The zero-order chi connectivity index (χ0) is 20.5. The van der Waals surface area contributed by atoms with E-state index in [9.17, 15) is 10.1 Å². The molecule has 0 radical (unpaired) electrons. The van der Waals surface area contributed by atoms with Gasteiger partial charge in [0.15, 0.2) is 11.5 Å². The van der Waals surface area contributed by atoms with Crippen molar-refractivity contribution in [3.63, 3.8) is 0 Å². The first kappa shape index (κ1) is 21.1. The third-order valence-electron chi connectivity index (χ3n) is 3.91. The molecule has 0 aliphatic heterocycles. The van der Waals surface area contributed by atoms with Crippen LogP contribution in [0.1, 0.15) is 24.1 Å². The van der Waals surface area contributed by atoms with Gasteiger partial charge >= 0.3 is 0 Å². The van der Waals surface area contributed by atoms with Gasteiger partial charge in [-0.3, -0.25) is 4.79 Å². The van der Waals surface area contributed by atoms with Crippen LogP contribution < -0.4 is 14.8 Å². The van der Waals surface area contributed by atoms with Crippen LogP contribution in [0.15, 0.2) is 52.5 Å². The number of ether oxygens (including phenoxy) is 2. The van der Waals surface area contributed by atoms with Gasteiger partial charge in [-0.2, -0.15) is 5.26 Å². The SMILES string of the molecule is C#CCOc1cc(Br)c(/C=C(/C#N)C(=O)N[C@@H](C)c2ccccc2)cc1OC. The third-order valence-corrected chi connectivity index (χ3v) is 4.59. The van der Waals surface area contributed by atoms with E-state index in [1.807, 2.05) is 43.3 Å². The highest BCUT2D eigenvalue weighted by Crippen LogP contribution is 2.34. The second kappa shape index (κ2) is 10.2. The number of amides is 1. The summed E-state index contributed by atoms with van der Waals surface area (Å²) in [5, 5.41) is 12.3. The van der Waals surface area contributed by atoms with Gasteiger partial charge in [-0.05, 0) is 36.3 Å². The Morgan fingerprint density at radius 3 is 2.64 bits per heavy atom. The van der Waals surface area contributed by atoms with Crippen molar-refractivity contribution in [3.05, 3.63) is 63.6 Å². The van der Waals surface area contributed by atoms with Gasteiger partial charge in [-0.25, -0.2) is 0 Å². The van der Waals surface area contributed by atoms with Crippen LogP contribution in [0.5, 0.6) is 11.5 Å². The normalized spacial score (nSPS) is 11.7. The average Bonchev–Trinajstić information content (AvgIpc) is 2.71. The lowest BCUT2D eigenvalue weighted by atomic mass is 10.1. The number of carbonyl (C=O) groups excluding carboxylic acids is 1. The van der Waals surface area contributed by atoms with Crippen molar-refractivity contribution in [3.8, 4) is 29.9 Å². The van der Waals surface area contributed by atoms with Crippen molar-refractivity contribution < 1.29 is 14.3 Å². The number of nitrogens with one attached hydrogen (secondary N) is 1. The molecule has 0 heterocycles. The van der Waals surface area contributed by atoms with Crippen molar-refractivity contribution in [2.45, 2.75) is 13.0 Å². The average molecular weight is 439 g/mol. The van der Waals surface area contributed by atoms with Crippen LogP contribution in [0.25, 0.3) is 6.08 Å². The highest BCUT2D eigenvalue weighted by Gasteiger charge is 2.16. The van der Waals surface area contributed by atoms with E-state index in [0.29, 0.717) is 21.5 Å². The van der Waals surface area contributed by atoms with E-state index in [1.54, 1.807) is 12.1 Å². The van der Waals surface area contributed by atoms with E-state index in [2.05, 4.69) is 27.2 Å². The van der Waals surface area contributed by atoms with Crippen molar-refractivity contribution in [1.29, 1.82) is 5.26 Å². The number of halogens is 1. The molecule has 0 spiro atoms. The smallest absolute Gasteiger partial charge is 0.262 e. The van der Waals surface area contributed by atoms with Crippen molar-refractivity contribution >= 4 is 27.9 Å². The van der Waals surface area contributed by atoms with Gasteiger partial charge in [0.25, 0.3) is 5.91 Å². The van der Waals surface area contributed by atoms with Gasteiger partial charge in [-0.15, -0.1) is 6.42 Å². The van der Waals surface area contributed by atoms with Crippen molar-refractivity contribution in [1.82, 2.24) is 5.32 Å². The molecule has 5 nitrogen and oxygen atoms in total. The number of rotatable bonds is 7. The van der Waals surface area contributed by atoms with Crippen LogP contribution in [0.4, 0.5) is 0 Å². The van der Waals surface area contributed by atoms with Crippen molar-refractivity contribution in [2.24, 2.45) is 0 Å². The number of terminal acetylenes is 1. The van der Waals surface area contributed by atoms with Gasteiger partial charge in [0, 0.05) is 4.47 Å². The summed E-state index contributed by atoms with van der Waals surface area (Å²) in [5.74, 6) is 2.84. The van der Waals surface area contributed by atoms with Crippen LogP contribution in [0.2, 0.25) is 0 Å². The quantitative estimate of drug-likeness (QED) is 0.398. The Balaban J connectivity index is 2.27. The lowest BCUT2D eigenvalue weighted by molar-refractivity contribution is -0.117. The molecule has 2 rings (SSSR count). The molecular weight excluding hydrogens is 420 g/mol. The van der Waals surface area contributed by atoms with Gasteiger partial charge in [-0.1, -0.05) is 52.2 Å². The van der Waals surface area contributed by atoms with Crippen LogP contribution in [0.3, 0.4) is 0 Å². The van der Waals surface area contributed by atoms with E-state index in [4.69, 9.17) is 15.9 Å². The minimum absolute atomic E-state index is 0.0252. The lowest BCUT2D eigenvalue weighted by Gasteiger charge is -2.14. The summed E-state index contributed by atoms with van der Waals surface area (Å²) in [5.41, 5.74) is 1.53. The Bertz CT molecular complexity index is 956. The molecule has 2 aromatic carbocycles. The highest BCUT2D eigenvalue weighted by atomic mass is 79.9. The number of nitrogens with zero attached hydrogens (tertiary/aromatic N) is 1. The molecule has 1 atom stereocenters. The van der Waals surface area contributed by atoms with Crippen LogP contribution in [-0.2, 0) is 4.79 Å². The molecule has 0 bridgehead atoms. The van der Waals surface area contributed by atoms with Gasteiger partial charge in [0.1, 0.15) is 18.2 Å². The topological polar surface area (TPSA) is 71.3 Å². The summed E-state index contributed by atoms with van der Waals surface area (Å²) < 4.78 is 11.4. The second-order valence-electron chi connectivity index (χ2n) is 5.79. The van der Waals surface area contributed by atoms with E-state index < -0.39 is 5.91 Å². The Morgan fingerprint density at radius 1 is 1.32 bits per heavy atom. The first-order valence-corrected chi connectivity index (χ1v) is 9.20. The van der Waals surface area contributed by atoms with E-state index in [-0.39, 0.29) is 18.2 Å². The Labute approximate surface area is 173 Å².